The van der Waals surface area contributed by atoms with Gasteiger partial charge in [-0.1, -0.05) is 33.6 Å². The summed E-state index contributed by atoms with van der Waals surface area (Å²) in [7, 11) is 0. The molecule has 2 atom stereocenters. The molecule has 0 aromatic carbocycles. The summed E-state index contributed by atoms with van der Waals surface area (Å²) < 4.78 is 0. The predicted octanol–water partition coefficient (Wildman–Crippen LogP) is -6.28. The summed E-state index contributed by atoms with van der Waals surface area (Å²) in [6, 6.07) is 0. The number of hydrogen-bond donors (Lipinski definition) is 0. The summed E-state index contributed by atoms with van der Waals surface area (Å²) in [6.45, 7) is 5.26. The summed E-state index contributed by atoms with van der Waals surface area (Å²) in [4.78, 5) is 22.6. The second-order valence-electron chi connectivity index (χ2n) is 5.63. The van der Waals surface area contributed by atoms with Crippen LogP contribution in [0.5, 0.6) is 0 Å². The van der Waals surface area contributed by atoms with Crippen molar-refractivity contribution in [2.24, 2.45) is 16.7 Å². The van der Waals surface area contributed by atoms with Crippen molar-refractivity contribution < 1.29 is 57.5 Å². The maximum atomic E-state index is 11.4. The third-order valence-corrected chi connectivity index (χ3v) is 3.90. The molecule has 0 spiro atoms. The Morgan fingerprint density at radius 3 is 1.89 bits per heavy atom. The van der Waals surface area contributed by atoms with Gasteiger partial charge in [0, 0.05) is 23.3 Å². The SMILES string of the molecule is CC(C)(C)C1(C(=O)[O-])CCCCC1C(=O)[O-].[Li+].[Li+]. The van der Waals surface area contributed by atoms with Crippen LogP contribution in [0, 0.1) is 16.7 Å². The number of rotatable bonds is 2. The Hall–Kier alpha value is 0.135. The molecule has 0 heterocycles. The van der Waals surface area contributed by atoms with Crippen molar-refractivity contribution in [3.8, 4) is 0 Å². The van der Waals surface area contributed by atoms with Crippen molar-refractivity contribution in [2.75, 3.05) is 0 Å². The molecule has 1 aliphatic rings. The molecule has 1 fully saturated rings. The number of hydrogen-bond acceptors (Lipinski definition) is 4. The normalized spacial score (nSPS) is 27.6. The van der Waals surface area contributed by atoms with E-state index in [0.29, 0.717) is 12.8 Å². The van der Waals surface area contributed by atoms with Gasteiger partial charge in [0.1, 0.15) is 0 Å². The molecule has 0 saturated heterocycles. The quantitative estimate of drug-likeness (QED) is 0.450. The van der Waals surface area contributed by atoms with Crippen LogP contribution in [0.1, 0.15) is 46.5 Å². The standard InChI is InChI=1S/C12H20O4.2Li/c1-11(2,3)12(10(15)16)7-5-4-6-8(12)9(13)14;;/h8H,4-7H2,1-3H3,(H,13,14)(H,15,16);;/q;2*+1/p-2. The van der Waals surface area contributed by atoms with E-state index in [-0.39, 0.29) is 37.7 Å². The molecule has 0 aromatic heterocycles. The molecule has 6 heteroatoms. The Morgan fingerprint density at radius 1 is 1.11 bits per heavy atom. The van der Waals surface area contributed by atoms with Crippen LogP contribution in [0.25, 0.3) is 0 Å². The van der Waals surface area contributed by atoms with Crippen LogP contribution in [0.3, 0.4) is 0 Å². The van der Waals surface area contributed by atoms with Gasteiger partial charge in [-0.3, -0.25) is 0 Å². The van der Waals surface area contributed by atoms with Gasteiger partial charge in [0.15, 0.2) is 0 Å². The van der Waals surface area contributed by atoms with Crippen LogP contribution in [0.4, 0.5) is 0 Å². The van der Waals surface area contributed by atoms with E-state index in [4.69, 9.17) is 0 Å². The first-order valence-corrected chi connectivity index (χ1v) is 5.66. The third kappa shape index (κ3) is 3.37. The maximum Gasteiger partial charge on any atom is 1.00 e. The van der Waals surface area contributed by atoms with Crippen LogP contribution in [0.15, 0.2) is 0 Å². The predicted molar refractivity (Wildman–Crippen MR) is 53.9 cm³/mol. The van der Waals surface area contributed by atoms with Crippen LogP contribution in [-0.2, 0) is 9.59 Å². The molecule has 18 heavy (non-hydrogen) atoms. The van der Waals surface area contributed by atoms with E-state index in [9.17, 15) is 19.8 Å². The zero-order valence-electron chi connectivity index (χ0n) is 12.0. The summed E-state index contributed by atoms with van der Waals surface area (Å²) in [5, 5.41) is 22.6. The average Bonchev–Trinajstić information content (AvgIpc) is 2.15. The fourth-order valence-electron chi connectivity index (χ4n) is 2.94. The van der Waals surface area contributed by atoms with Crippen LogP contribution in [0.2, 0.25) is 0 Å². The molecule has 0 amide bonds. The monoisotopic (exact) mass is 240 g/mol. The Balaban J connectivity index is 0. The van der Waals surface area contributed by atoms with Crippen LogP contribution < -0.4 is 47.9 Å². The van der Waals surface area contributed by atoms with Crippen molar-refractivity contribution >= 4 is 11.9 Å². The van der Waals surface area contributed by atoms with E-state index in [1.807, 2.05) is 0 Å². The van der Waals surface area contributed by atoms with Gasteiger partial charge in [0.05, 0.1) is 0 Å². The smallest absolute Gasteiger partial charge is 0.550 e. The number of carboxylic acid groups (broad SMARTS) is 2. The van der Waals surface area contributed by atoms with E-state index in [1.165, 1.54) is 0 Å². The first-order valence-electron chi connectivity index (χ1n) is 5.66. The number of aliphatic carboxylic acids is 2. The Bertz CT molecular complexity index is 312. The van der Waals surface area contributed by atoms with E-state index < -0.39 is 28.7 Å². The van der Waals surface area contributed by atoms with E-state index in [2.05, 4.69) is 0 Å². The van der Waals surface area contributed by atoms with E-state index in [0.717, 1.165) is 12.8 Å². The van der Waals surface area contributed by atoms with Crippen molar-refractivity contribution in [1.29, 1.82) is 0 Å². The van der Waals surface area contributed by atoms with E-state index >= 15 is 0 Å². The molecule has 0 aliphatic heterocycles. The first kappa shape index (κ1) is 20.5. The zero-order valence-corrected chi connectivity index (χ0v) is 12.0. The fraction of sp³-hybridized carbons (Fsp3) is 0.833. The summed E-state index contributed by atoms with van der Waals surface area (Å²) in [6.07, 6.45) is 2.20. The van der Waals surface area contributed by atoms with E-state index in [1.54, 1.807) is 20.8 Å². The zero-order chi connectivity index (χ0) is 12.6. The number of carbonyl (C=O) groups is 2. The van der Waals surface area contributed by atoms with Crippen molar-refractivity contribution in [1.82, 2.24) is 0 Å². The average molecular weight is 240 g/mol. The maximum absolute atomic E-state index is 11.4. The molecule has 1 aliphatic carbocycles. The fourth-order valence-corrected chi connectivity index (χ4v) is 2.94. The minimum atomic E-state index is -1.30. The van der Waals surface area contributed by atoms with Gasteiger partial charge < -0.3 is 19.8 Å². The molecule has 4 nitrogen and oxygen atoms in total. The van der Waals surface area contributed by atoms with Crippen LogP contribution >= 0.6 is 0 Å². The molecule has 0 N–H and O–H groups in total. The Morgan fingerprint density at radius 2 is 1.61 bits per heavy atom. The largest absolute Gasteiger partial charge is 1.00 e. The van der Waals surface area contributed by atoms with Gasteiger partial charge >= 0.3 is 37.7 Å². The first-order chi connectivity index (χ1) is 7.23. The summed E-state index contributed by atoms with van der Waals surface area (Å²) in [5.74, 6) is -3.46. The molecule has 2 unspecified atom stereocenters. The molecule has 0 radical (unpaired) electrons. The Kier molecular flexibility index (Phi) is 8.02. The Labute approximate surface area is 132 Å². The second kappa shape index (κ2) is 7.06. The molecule has 1 rings (SSSR count). The molecule has 0 bridgehead atoms. The van der Waals surface area contributed by atoms with Crippen molar-refractivity contribution in [3.05, 3.63) is 0 Å². The second-order valence-corrected chi connectivity index (χ2v) is 5.63. The van der Waals surface area contributed by atoms with Gasteiger partial charge in [-0.25, -0.2) is 0 Å². The van der Waals surface area contributed by atoms with Crippen LogP contribution in [-0.4, -0.2) is 11.9 Å². The molecular formula is C12H18Li2O4. The van der Waals surface area contributed by atoms with Gasteiger partial charge in [-0.15, -0.1) is 0 Å². The summed E-state index contributed by atoms with van der Waals surface area (Å²) in [5.41, 5.74) is -1.94. The van der Waals surface area contributed by atoms with Gasteiger partial charge in [-0.05, 0) is 18.3 Å². The third-order valence-electron chi connectivity index (χ3n) is 3.90. The van der Waals surface area contributed by atoms with Crippen molar-refractivity contribution in [2.45, 2.75) is 46.5 Å². The molecule has 92 valence electrons. The van der Waals surface area contributed by atoms with Gasteiger partial charge in [-0.2, -0.15) is 0 Å². The van der Waals surface area contributed by atoms with Gasteiger partial charge in [0.2, 0.25) is 0 Å². The summed E-state index contributed by atoms with van der Waals surface area (Å²) >= 11 is 0. The van der Waals surface area contributed by atoms with Crippen molar-refractivity contribution in [3.63, 3.8) is 0 Å². The minimum absolute atomic E-state index is 0. The molecule has 0 aromatic rings. The topological polar surface area (TPSA) is 80.3 Å². The molecule has 1 saturated carbocycles. The minimum Gasteiger partial charge on any atom is -0.550 e. The number of carbonyl (C=O) groups excluding carboxylic acids is 2. The molecular weight excluding hydrogens is 222 g/mol. The van der Waals surface area contributed by atoms with Gasteiger partial charge in [0.25, 0.3) is 0 Å². The number of carboxylic acids is 2.